The van der Waals surface area contributed by atoms with Crippen molar-refractivity contribution in [2.45, 2.75) is 239 Å². The van der Waals surface area contributed by atoms with Crippen molar-refractivity contribution >= 4 is 23.4 Å². The van der Waals surface area contributed by atoms with Gasteiger partial charge < -0.3 is 25.4 Å². The topological polar surface area (TPSA) is 107 Å². The number of aromatic nitrogens is 1. The number of rotatable bonds is 43. The number of ether oxygens (including phenoxy) is 2. The molecule has 0 bridgehead atoms. The smallest absolute Gasteiger partial charge is 0.306 e. The number of nitrogens with two attached hydrogens (primary N) is 1. The van der Waals surface area contributed by atoms with Gasteiger partial charge in [-0.3, -0.25) is 9.59 Å². The predicted molar refractivity (Wildman–Crippen MR) is 248 cm³/mol. The van der Waals surface area contributed by atoms with Crippen molar-refractivity contribution in [2.75, 3.05) is 43.8 Å². The van der Waals surface area contributed by atoms with Crippen molar-refractivity contribution in [1.82, 2.24) is 9.88 Å². The van der Waals surface area contributed by atoms with Crippen molar-refractivity contribution in [3.05, 3.63) is 18.3 Å². The standard InChI is InChI=1S/C50H94N4O4/c1-5-9-13-17-23-33-46(34-24-18-14-10-6-2)58-49(56)37-26-20-16-22-28-42-54(43-30-40-53-50-47(51)35-29-39-52-50)41-27-21-15-19-25-36-48(55)57-44-38-45(31-11-7-3)32-12-8-4/h29,35,39,45-46H,5-28,30-34,36-38,40-44,51H2,1-4H3,(H,52,53). The number of nitrogen functional groups attached to an aromatic ring is 1. The third kappa shape index (κ3) is 32.5. The van der Waals surface area contributed by atoms with Gasteiger partial charge in [-0.05, 0) is 102 Å². The van der Waals surface area contributed by atoms with E-state index in [0.29, 0.717) is 31.1 Å². The summed E-state index contributed by atoms with van der Waals surface area (Å²) in [5.74, 6) is 1.47. The largest absolute Gasteiger partial charge is 0.466 e. The van der Waals surface area contributed by atoms with Gasteiger partial charge in [-0.2, -0.15) is 0 Å². The lowest BCUT2D eigenvalue weighted by Crippen LogP contribution is -2.28. The van der Waals surface area contributed by atoms with Gasteiger partial charge >= 0.3 is 11.9 Å². The molecule has 0 radical (unpaired) electrons. The van der Waals surface area contributed by atoms with E-state index in [1.807, 2.05) is 12.1 Å². The maximum Gasteiger partial charge on any atom is 0.306 e. The van der Waals surface area contributed by atoms with Crippen LogP contribution in [0.4, 0.5) is 11.5 Å². The summed E-state index contributed by atoms with van der Waals surface area (Å²) in [7, 11) is 0. The number of nitrogens with zero attached hydrogens (tertiary/aromatic N) is 2. The van der Waals surface area contributed by atoms with Gasteiger partial charge in [0.15, 0.2) is 0 Å². The molecule has 1 heterocycles. The molecule has 0 aliphatic carbocycles. The molecule has 0 amide bonds. The molecule has 8 heteroatoms. The fraction of sp³-hybridized carbons (Fsp3) is 0.860. The molecule has 0 aromatic carbocycles. The van der Waals surface area contributed by atoms with Crippen molar-refractivity contribution < 1.29 is 19.1 Å². The lowest BCUT2D eigenvalue weighted by molar-refractivity contribution is -0.150. The Morgan fingerprint density at radius 2 is 1.10 bits per heavy atom. The van der Waals surface area contributed by atoms with Crippen molar-refractivity contribution in [1.29, 1.82) is 0 Å². The summed E-state index contributed by atoms with van der Waals surface area (Å²) < 4.78 is 11.7. The fourth-order valence-electron chi connectivity index (χ4n) is 7.97. The zero-order valence-corrected chi connectivity index (χ0v) is 38.7. The first-order valence-corrected chi connectivity index (χ1v) is 24.9. The number of hydrogen-bond donors (Lipinski definition) is 2. The Bertz CT molecular complexity index is 1050. The Labute approximate surface area is 358 Å². The molecule has 0 spiro atoms. The number of anilines is 2. The quantitative estimate of drug-likeness (QED) is 0.0496. The zero-order valence-electron chi connectivity index (χ0n) is 38.7. The highest BCUT2D eigenvalue weighted by molar-refractivity contribution is 5.69. The van der Waals surface area contributed by atoms with E-state index in [1.54, 1.807) is 6.20 Å². The van der Waals surface area contributed by atoms with Gasteiger partial charge in [0.2, 0.25) is 0 Å². The Morgan fingerprint density at radius 1 is 0.603 bits per heavy atom. The van der Waals surface area contributed by atoms with E-state index in [0.717, 1.165) is 83.4 Å². The monoisotopic (exact) mass is 815 g/mol. The van der Waals surface area contributed by atoms with Crippen molar-refractivity contribution in [3.63, 3.8) is 0 Å². The number of unbranched alkanes of at least 4 members (excludes halogenated alkanes) is 18. The average Bonchev–Trinajstić information content (AvgIpc) is 3.22. The molecule has 338 valence electrons. The molecule has 58 heavy (non-hydrogen) atoms. The van der Waals surface area contributed by atoms with Crippen LogP contribution in [0, 0.1) is 5.92 Å². The number of carbonyl (C=O) groups is 2. The molecule has 0 unspecified atom stereocenters. The molecule has 8 nitrogen and oxygen atoms in total. The van der Waals surface area contributed by atoms with E-state index in [-0.39, 0.29) is 18.0 Å². The number of esters is 2. The molecular weight excluding hydrogens is 721 g/mol. The molecule has 1 aromatic rings. The van der Waals surface area contributed by atoms with Crippen LogP contribution >= 0.6 is 0 Å². The number of carbonyl (C=O) groups excluding carboxylic acids is 2. The SMILES string of the molecule is CCCCCCCC(CCCCCCC)OC(=O)CCCCCCCN(CCCCCCCC(=O)OCCC(CCCC)CCCC)CCCNc1ncccc1N. The lowest BCUT2D eigenvalue weighted by Gasteiger charge is -2.22. The summed E-state index contributed by atoms with van der Waals surface area (Å²) >= 11 is 0. The van der Waals surface area contributed by atoms with Crippen LogP contribution in [0.15, 0.2) is 18.3 Å². The first kappa shape index (κ1) is 53.7. The molecule has 0 saturated heterocycles. The van der Waals surface area contributed by atoms with E-state index in [2.05, 4.69) is 42.9 Å². The summed E-state index contributed by atoms with van der Waals surface area (Å²) in [6, 6.07) is 3.75. The Balaban J connectivity index is 2.36. The first-order chi connectivity index (χ1) is 28.4. The van der Waals surface area contributed by atoms with Gasteiger partial charge in [0.1, 0.15) is 11.9 Å². The summed E-state index contributed by atoms with van der Waals surface area (Å²) in [5.41, 5.74) is 6.77. The highest BCUT2D eigenvalue weighted by Crippen LogP contribution is 2.21. The second-order valence-corrected chi connectivity index (χ2v) is 17.3. The van der Waals surface area contributed by atoms with E-state index in [9.17, 15) is 9.59 Å². The van der Waals surface area contributed by atoms with Gasteiger partial charge in [0.25, 0.3) is 0 Å². The molecule has 3 N–H and O–H groups in total. The van der Waals surface area contributed by atoms with Crippen LogP contribution in [0.3, 0.4) is 0 Å². The maximum absolute atomic E-state index is 12.8. The first-order valence-electron chi connectivity index (χ1n) is 24.9. The van der Waals surface area contributed by atoms with E-state index in [4.69, 9.17) is 15.2 Å². The molecule has 1 rings (SSSR count). The molecular formula is C50H94N4O4. The zero-order chi connectivity index (χ0) is 42.2. The van der Waals surface area contributed by atoms with E-state index >= 15 is 0 Å². The summed E-state index contributed by atoms with van der Waals surface area (Å²) in [6.45, 7) is 13.7. The van der Waals surface area contributed by atoms with Crippen LogP contribution in [0.25, 0.3) is 0 Å². The molecule has 1 aromatic heterocycles. The maximum atomic E-state index is 12.8. The molecule has 0 aliphatic rings. The number of pyridine rings is 1. The molecule has 0 saturated carbocycles. The number of nitrogens with one attached hydrogen (secondary N) is 1. The minimum Gasteiger partial charge on any atom is -0.466 e. The van der Waals surface area contributed by atoms with Crippen molar-refractivity contribution in [2.24, 2.45) is 5.92 Å². The van der Waals surface area contributed by atoms with Crippen LogP contribution in [-0.2, 0) is 19.1 Å². The Hall–Kier alpha value is -2.35. The highest BCUT2D eigenvalue weighted by atomic mass is 16.5. The lowest BCUT2D eigenvalue weighted by atomic mass is 9.93. The minimum atomic E-state index is -0.0162. The average molecular weight is 815 g/mol. The van der Waals surface area contributed by atoms with Gasteiger partial charge in [-0.15, -0.1) is 0 Å². The molecule has 0 atom stereocenters. The summed E-state index contributed by atoms with van der Waals surface area (Å²) in [5, 5.41) is 3.41. The normalized spacial score (nSPS) is 11.6. The van der Waals surface area contributed by atoms with Gasteiger partial charge in [0, 0.05) is 25.6 Å². The van der Waals surface area contributed by atoms with Crippen LogP contribution < -0.4 is 11.1 Å². The predicted octanol–water partition coefficient (Wildman–Crippen LogP) is 14.0. The second-order valence-electron chi connectivity index (χ2n) is 17.3. The third-order valence-corrected chi connectivity index (χ3v) is 11.8. The highest BCUT2D eigenvalue weighted by Gasteiger charge is 2.15. The van der Waals surface area contributed by atoms with Crippen LogP contribution in [0.1, 0.15) is 233 Å². The van der Waals surface area contributed by atoms with E-state index in [1.165, 1.54) is 141 Å². The third-order valence-electron chi connectivity index (χ3n) is 11.8. The Morgan fingerprint density at radius 3 is 1.67 bits per heavy atom. The number of hydrogen-bond acceptors (Lipinski definition) is 8. The summed E-state index contributed by atoms with van der Waals surface area (Å²) in [6.07, 6.45) is 38.4. The van der Waals surface area contributed by atoms with Gasteiger partial charge in [-0.1, -0.05) is 156 Å². The van der Waals surface area contributed by atoms with Gasteiger partial charge in [-0.25, -0.2) is 4.98 Å². The second kappa shape index (κ2) is 40.1. The van der Waals surface area contributed by atoms with Crippen LogP contribution in [0.5, 0.6) is 0 Å². The minimum absolute atomic E-state index is 0.0162. The van der Waals surface area contributed by atoms with Crippen LogP contribution in [0.2, 0.25) is 0 Å². The van der Waals surface area contributed by atoms with E-state index < -0.39 is 0 Å². The van der Waals surface area contributed by atoms with Crippen molar-refractivity contribution in [3.8, 4) is 0 Å². The molecule has 0 aliphatic heterocycles. The van der Waals surface area contributed by atoms with Crippen LogP contribution in [-0.4, -0.2) is 60.7 Å². The summed E-state index contributed by atoms with van der Waals surface area (Å²) in [4.78, 5) is 32.2. The van der Waals surface area contributed by atoms with Gasteiger partial charge in [0.05, 0.1) is 12.3 Å². The molecule has 0 fully saturated rings. The fourth-order valence-corrected chi connectivity index (χ4v) is 7.97. The Kier molecular flexibility index (Phi) is 37.1.